The first-order valence-corrected chi connectivity index (χ1v) is 6.19. The maximum absolute atomic E-state index is 5.64. The van der Waals surface area contributed by atoms with Crippen LogP contribution in [0.4, 0.5) is 5.69 Å². The largest absolute Gasteiger partial charge is 0.372 e. The van der Waals surface area contributed by atoms with Crippen LogP contribution in [0.15, 0.2) is 24.3 Å². The van der Waals surface area contributed by atoms with Crippen molar-refractivity contribution in [2.24, 2.45) is 11.7 Å². The minimum absolute atomic E-state index is 0.610. The molecule has 1 aromatic rings. The summed E-state index contributed by atoms with van der Waals surface area (Å²) in [5.74, 6) is 0.610. The second kappa shape index (κ2) is 6.54. The second-order valence-corrected chi connectivity index (χ2v) is 4.55. The molecule has 1 unspecified atom stereocenters. The predicted octanol–water partition coefficient (Wildman–Crippen LogP) is 2.81. The molecule has 0 bridgehead atoms. The molecule has 0 aliphatic carbocycles. The van der Waals surface area contributed by atoms with E-state index in [2.05, 4.69) is 49.9 Å². The third-order valence-electron chi connectivity index (χ3n) is 3.04. The molecule has 0 spiro atoms. The third kappa shape index (κ3) is 3.86. The Hall–Kier alpha value is -1.02. The van der Waals surface area contributed by atoms with Crippen molar-refractivity contribution in [2.75, 3.05) is 24.5 Å². The number of hydrogen-bond donors (Lipinski definition) is 1. The van der Waals surface area contributed by atoms with Crippen molar-refractivity contribution < 1.29 is 0 Å². The molecule has 1 rings (SSSR count). The predicted molar refractivity (Wildman–Crippen MR) is 71.9 cm³/mol. The maximum atomic E-state index is 5.64. The van der Waals surface area contributed by atoms with E-state index in [9.17, 15) is 0 Å². The third-order valence-corrected chi connectivity index (χ3v) is 3.04. The second-order valence-electron chi connectivity index (χ2n) is 4.55. The van der Waals surface area contributed by atoms with Crippen molar-refractivity contribution in [2.45, 2.75) is 27.2 Å². The average Bonchev–Trinajstić information content (AvgIpc) is 2.29. The first-order chi connectivity index (χ1) is 7.67. The Balaban J connectivity index is 2.60. The summed E-state index contributed by atoms with van der Waals surface area (Å²) in [5.41, 5.74) is 8.29. The zero-order valence-electron chi connectivity index (χ0n) is 10.7. The first kappa shape index (κ1) is 13.0. The van der Waals surface area contributed by atoms with E-state index in [4.69, 9.17) is 5.73 Å². The number of nitrogens with zero attached hydrogens (tertiary/aromatic N) is 1. The molecule has 2 N–H and O–H groups in total. The molecular formula is C14H24N2. The van der Waals surface area contributed by atoms with Crippen LogP contribution in [0.5, 0.6) is 0 Å². The molecule has 90 valence electrons. The van der Waals surface area contributed by atoms with Gasteiger partial charge in [-0.1, -0.05) is 19.1 Å². The van der Waals surface area contributed by atoms with E-state index >= 15 is 0 Å². The van der Waals surface area contributed by atoms with Crippen LogP contribution in [0.1, 0.15) is 25.8 Å². The van der Waals surface area contributed by atoms with Crippen molar-refractivity contribution >= 4 is 5.69 Å². The van der Waals surface area contributed by atoms with Gasteiger partial charge in [-0.2, -0.15) is 0 Å². The lowest BCUT2D eigenvalue weighted by Gasteiger charge is -2.24. The van der Waals surface area contributed by atoms with Crippen LogP contribution in [0.25, 0.3) is 0 Å². The number of anilines is 1. The van der Waals surface area contributed by atoms with E-state index in [1.54, 1.807) is 0 Å². The molecule has 0 aliphatic rings. The Bertz CT molecular complexity index is 309. The summed E-state index contributed by atoms with van der Waals surface area (Å²) in [4.78, 5) is 2.42. The number of aryl methyl sites for hydroxylation is 1. The molecular weight excluding hydrogens is 196 g/mol. The summed E-state index contributed by atoms with van der Waals surface area (Å²) >= 11 is 0. The van der Waals surface area contributed by atoms with Gasteiger partial charge in [0, 0.05) is 18.8 Å². The summed E-state index contributed by atoms with van der Waals surface area (Å²) in [6.07, 6.45) is 1.16. The fourth-order valence-electron chi connectivity index (χ4n) is 1.79. The topological polar surface area (TPSA) is 29.3 Å². The van der Waals surface area contributed by atoms with Crippen LogP contribution in [-0.2, 0) is 0 Å². The Morgan fingerprint density at radius 2 is 2.12 bits per heavy atom. The van der Waals surface area contributed by atoms with Crippen molar-refractivity contribution in [3.05, 3.63) is 29.8 Å². The highest BCUT2D eigenvalue weighted by Gasteiger charge is 2.06. The van der Waals surface area contributed by atoms with E-state index in [-0.39, 0.29) is 0 Å². The van der Waals surface area contributed by atoms with E-state index in [0.717, 1.165) is 26.1 Å². The van der Waals surface area contributed by atoms with Gasteiger partial charge >= 0.3 is 0 Å². The summed E-state index contributed by atoms with van der Waals surface area (Å²) < 4.78 is 0. The number of rotatable bonds is 6. The number of nitrogens with two attached hydrogens (primary N) is 1. The van der Waals surface area contributed by atoms with Crippen molar-refractivity contribution in [3.63, 3.8) is 0 Å². The van der Waals surface area contributed by atoms with Crippen molar-refractivity contribution in [1.29, 1.82) is 0 Å². The van der Waals surface area contributed by atoms with Gasteiger partial charge in [0.15, 0.2) is 0 Å². The molecule has 0 saturated carbocycles. The molecule has 0 saturated heterocycles. The average molecular weight is 220 g/mol. The minimum Gasteiger partial charge on any atom is -0.372 e. The Morgan fingerprint density at radius 3 is 2.69 bits per heavy atom. The summed E-state index contributed by atoms with van der Waals surface area (Å²) in [6, 6.07) is 8.69. The van der Waals surface area contributed by atoms with Gasteiger partial charge in [0.1, 0.15) is 0 Å². The summed E-state index contributed by atoms with van der Waals surface area (Å²) in [7, 11) is 0. The molecule has 1 atom stereocenters. The Labute approximate surface area is 99.5 Å². The normalized spacial score (nSPS) is 12.5. The van der Waals surface area contributed by atoms with Crippen molar-refractivity contribution in [1.82, 2.24) is 0 Å². The lowest BCUT2D eigenvalue weighted by molar-refractivity contribution is 0.539. The van der Waals surface area contributed by atoms with Gasteiger partial charge in [0.05, 0.1) is 0 Å². The summed E-state index contributed by atoms with van der Waals surface area (Å²) in [5, 5.41) is 0. The van der Waals surface area contributed by atoms with Crippen LogP contribution in [0.2, 0.25) is 0 Å². The maximum Gasteiger partial charge on any atom is 0.0368 e. The zero-order chi connectivity index (χ0) is 12.0. The first-order valence-electron chi connectivity index (χ1n) is 6.19. The Kier molecular flexibility index (Phi) is 5.33. The summed E-state index contributed by atoms with van der Waals surface area (Å²) in [6.45, 7) is 9.49. The highest BCUT2D eigenvalue weighted by Crippen LogP contribution is 2.16. The van der Waals surface area contributed by atoms with E-state index in [1.165, 1.54) is 11.3 Å². The van der Waals surface area contributed by atoms with Crippen LogP contribution in [0.3, 0.4) is 0 Å². The van der Waals surface area contributed by atoms with Gasteiger partial charge in [0.2, 0.25) is 0 Å². The monoisotopic (exact) mass is 220 g/mol. The zero-order valence-corrected chi connectivity index (χ0v) is 10.7. The number of hydrogen-bond acceptors (Lipinski definition) is 2. The fraction of sp³-hybridized carbons (Fsp3) is 0.571. The highest BCUT2D eigenvalue weighted by atomic mass is 15.1. The van der Waals surface area contributed by atoms with Crippen LogP contribution < -0.4 is 10.6 Å². The lowest BCUT2D eigenvalue weighted by Crippen LogP contribution is -2.26. The van der Waals surface area contributed by atoms with Crippen molar-refractivity contribution in [3.8, 4) is 0 Å². The van der Waals surface area contributed by atoms with Crippen LogP contribution in [0, 0.1) is 12.8 Å². The molecule has 1 aromatic carbocycles. The molecule has 16 heavy (non-hydrogen) atoms. The Morgan fingerprint density at radius 1 is 1.38 bits per heavy atom. The molecule has 0 fully saturated rings. The van der Waals surface area contributed by atoms with Crippen LogP contribution in [-0.4, -0.2) is 19.6 Å². The lowest BCUT2D eigenvalue weighted by atomic mass is 10.1. The molecule has 2 nitrogen and oxygen atoms in total. The van der Waals surface area contributed by atoms with Gasteiger partial charge in [-0.05, 0) is 50.4 Å². The fourth-order valence-corrected chi connectivity index (χ4v) is 1.79. The number of benzene rings is 1. The van der Waals surface area contributed by atoms with E-state index < -0.39 is 0 Å². The van der Waals surface area contributed by atoms with Gasteiger partial charge in [-0.15, -0.1) is 0 Å². The standard InChI is InChI=1S/C14H24N2/c1-4-16(9-8-13(3)11-15)14-7-5-6-12(2)10-14/h5-7,10,13H,4,8-9,11,15H2,1-3H3. The molecule has 0 aromatic heterocycles. The van der Waals surface area contributed by atoms with Gasteiger partial charge in [-0.25, -0.2) is 0 Å². The molecule has 0 aliphatic heterocycles. The molecule has 2 heteroatoms. The quantitative estimate of drug-likeness (QED) is 0.798. The molecule has 0 amide bonds. The SMILES string of the molecule is CCN(CCC(C)CN)c1cccc(C)c1. The highest BCUT2D eigenvalue weighted by molar-refractivity contribution is 5.48. The van der Waals surface area contributed by atoms with Gasteiger partial charge < -0.3 is 10.6 Å². The molecule has 0 radical (unpaired) electrons. The van der Waals surface area contributed by atoms with Gasteiger partial charge in [-0.3, -0.25) is 0 Å². The van der Waals surface area contributed by atoms with E-state index in [0.29, 0.717) is 5.92 Å². The smallest absolute Gasteiger partial charge is 0.0368 e. The van der Waals surface area contributed by atoms with Gasteiger partial charge in [0.25, 0.3) is 0 Å². The van der Waals surface area contributed by atoms with E-state index in [1.807, 2.05) is 0 Å². The van der Waals surface area contributed by atoms with Crippen LogP contribution >= 0.6 is 0 Å². The minimum atomic E-state index is 0.610. The molecule has 0 heterocycles.